The molecule has 0 atom stereocenters. The molecular weight excluding hydrogens is 264 g/mol. The van der Waals surface area contributed by atoms with Crippen LogP contribution in [0.4, 0.5) is 0 Å². The van der Waals surface area contributed by atoms with Gasteiger partial charge in [-0.25, -0.2) is 4.98 Å². The second kappa shape index (κ2) is 4.47. The van der Waals surface area contributed by atoms with Crippen molar-refractivity contribution < 1.29 is 9.90 Å². The molecule has 19 heavy (non-hydrogen) atoms. The van der Waals surface area contributed by atoms with Gasteiger partial charge in [0.05, 0.1) is 12.1 Å². The van der Waals surface area contributed by atoms with Gasteiger partial charge >= 0.3 is 0 Å². The minimum absolute atomic E-state index is 0.0416. The fourth-order valence-corrected chi connectivity index (χ4v) is 2.31. The van der Waals surface area contributed by atoms with Crippen molar-refractivity contribution in [2.75, 3.05) is 6.61 Å². The van der Waals surface area contributed by atoms with Crippen molar-refractivity contribution >= 4 is 28.3 Å². The lowest BCUT2D eigenvalue weighted by atomic mass is 10.1. The van der Waals surface area contributed by atoms with Crippen LogP contribution in [0.25, 0.3) is 10.8 Å². The van der Waals surface area contributed by atoms with E-state index in [9.17, 15) is 9.90 Å². The number of hydrogen-bond donors (Lipinski definition) is 2. The van der Waals surface area contributed by atoms with Crippen molar-refractivity contribution in [2.24, 2.45) is 0 Å². The smallest absolute Gasteiger partial charge is 0.270 e. The minimum atomic E-state index is -0.448. The molecule has 0 spiro atoms. The third-order valence-corrected chi connectivity index (χ3v) is 3.75. The Morgan fingerprint density at radius 2 is 2.16 bits per heavy atom. The Morgan fingerprint density at radius 3 is 2.84 bits per heavy atom. The van der Waals surface area contributed by atoms with Crippen molar-refractivity contribution in [1.29, 1.82) is 0 Å². The van der Waals surface area contributed by atoms with Gasteiger partial charge in [0.2, 0.25) is 0 Å². The predicted octanol–water partition coefficient (Wildman–Crippen LogP) is 2.14. The number of nitrogens with one attached hydrogen (secondary N) is 1. The second-order valence-corrected chi connectivity index (χ2v) is 5.27. The Morgan fingerprint density at radius 1 is 1.42 bits per heavy atom. The monoisotopic (exact) mass is 276 g/mol. The highest BCUT2D eigenvalue weighted by molar-refractivity contribution is 6.34. The fourth-order valence-electron chi connectivity index (χ4n) is 2.05. The summed E-state index contributed by atoms with van der Waals surface area (Å²) in [4.78, 5) is 16.2. The fraction of sp³-hybridized carbons (Fsp3) is 0.286. The van der Waals surface area contributed by atoms with Gasteiger partial charge in [0.25, 0.3) is 5.91 Å². The Labute approximate surface area is 115 Å². The zero-order chi connectivity index (χ0) is 13.5. The first kappa shape index (κ1) is 12.4. The lowest BCUT2D eigenvalue weighted by Crippen LogP contribution is -2.39. The molecule has 98 valence electrons. The molecule has 2 aromatic rings. The SMILES string of the molecule is O=C(NC1(CO)CC1)c1cc2ccccc2c(Cl)n1. The first-order valence-corrected chi connectivity index (χ1v) is 6.50. The van der Waals surface area contributed by atoms with Crippen LogP contribution in [-0.4, -0.2) is 28.1 Å². The van der Waals surface area contributed by atoms with E-state index in [1.165, 1.54) is 0 Å². The van der Waals surface area contributed by atoms with Crippen LogP contribution in [0.15, 0.2) is 30.3 Å². The molecule has 4 nitrogen and oxygen atoms in total. The predicted molar refractivity (Wildman–Crippen MR) is 73.3 cm³/mol. The summed E-state index contributed by atoms with van der Waals surface area (Å²) in [6.07, 6.45) is 1.60. The molecule has 1 aliphatic carbocycles. The summed E-state index contributed by atoms with van der Waals surface area (Å²) in [6, 6.07) is 9.22. The number of benzene rings is 1. The topological polar surface area (TPSA) is 62.2 Å². The van der Waals surface area contributed by atoms with Crippen LogP contribution in [-0.2, 0) is 0 Å². The molecule has 1 aromatic carbocycles. The molecule has 1 heterocycles. The van der Waals surface area contributed by atoms with E-state index < -0.39 is 5.54 Å². The lowest BCUT2D eigenvalue weighted by molar-refractivity contribution is 0.0902. The third-order valence-electron chi connectivity index (χ3n) is 3.46. The number of aromatic nitrogens is 1. The van der Waals surface area contributed by atoms with E-state index in [-0.39, 0.29) is 18.2 Å². The summed E-state index contributed by atoms with van der Waals surface area (Å²) >= 11 is 6.09. The molecule has 1 amide bonds. The van der Waals surface area contributed by atoms with Crippen LogP contribution in [0.1, 0.15) is 23.3 Å². The van der Waals surface area contributed by atoms with Gasteiger partial charge in [-0.1, -0.05) is 35.9 Å². The molecule has 5 heteroatoms. The molecule has 0 bridgehead atoms. The first-order valence-electron chi connectivity index (χ1n) is 6.12. The van der Waals surface area contributed by atoms with Crippen LogP contribution < -0.4 is 5.32 Å². The zero-order valence-electron chi connectivity index (χ0n) is 10.2. The van der Waals surface area contributed by atoms with Crippen LogP contribution in [0, 0.1) is 0 Å². The first-order chi connectivity index (χ1) is 9.13. The largest absolute Gasteiger partial charge is 0.394 e. The van der Waals surface area contributed by atoms with Crippen molar-refractivity contribution in [1.82, 2.24) is 10.3 Å². The van der Waals surface area contributed by atoms with E-state index in [2.05, 4.69) is 10.3 Å². The molecule has 0 radical (unpaired) electrons. The summed E-state index contributed by atoms with van der Waals surface area (Å²) in [7, 11) is 0. The Kier molecular flexibility index (Phi) is 2.92. The number of hydrogen-bond acceptors (Lipinski definition) is 3. The standard InChI is InChI=1S/C14H13ClN2O2/c15-12-10-4-2-1-3-9(10)7-11(16-12)13(19)17-14(8-18)5-6-14/h1-4,7,18H,5-6,8H2,(H,17,19). The normalized spacial score (nSPS) is 16.3. The van der Waals surface area contributed by atoms with Crippen LogP contribution >= 0.6 is 11.6 Å². The van der Waals surface area contributed by atoms with E-state index in [0.29, 0.717) is 5.15 Å². The summed E-state index contributed by atoms with van der Waals surface area (Å²) < 4.78 is 0. The molecule has 3 rings (SSSR count). The summed E-state index contributed by atoms with van der Waals surface area (Å²) in [5.41, 5.74) is -0.167. The van der Waals surface area contributed by atoms with E-state index in [1.807, 2.05) is 24.3 Å². The van der Waals surface area contributed by atoms with Gasteiger partial charge in [-0.05, 0) is 24.3 Å². The quantitative estimate of drug-likeness (QED) is 0.845. The molecule has 1 aromatic heterocycles. The molecule has 0 unspecified atom stereocenters. The molecule has 1 fully saturated rings. The molecular formula is C14H13ClN2O2. The molecule has 0 aliphatic heterocycles. The third kappa shape index (κ3) is 2.29. The second-order valence-electron chi connectivity index (χ2n) is 4.91. The van der Waals surface area contributed by atoms with Gasteiger partial charge < -0.3 is 10.4 Å². The average molecular weight is 277 g/mol. The number of fused-ring (bicyclic) bond motifs is 1. The number of aliphatic hydroxyl groups excluding tert-OH is 1. The van der Waals surface area contributed by atoms with Gasteiger partial charge in [0.1, 0.15) is 10.8 Å². The average Bonchev–Trinajstić information content (AvgIpc) is 3.19. The Balaban J connectivity index is 1.94. The number of halogens is 1. The maximum absolute atomic E-state index is 12.1. The van der Waals surface area contributed by atoms with Crippen molar-refractivity contribution in [3.05, 3.63) is 41.2 Å². The molecule has 0 saturated heterocycles. The van der Waals surface area contributed by atoms with Gasteiger partial charge in [-0.3, -0.25) is 4.79 Å². The minimum Gasteiger partial charge on any atom is -0.394 e. The van der Waals surface area contributed by atoms with Gasteiger partial charge in [0, 0.05) is 5.39 Å². The number of carbonyl (C=O) groups is 1. The molecule has 1 aliphatic rings. The van der Waals surface area contributed by atoms with Crippen LogP contribution in [0.3, 0.4) is 0 Å². The Hall–Kier alpha value is -1.65. The van der Waals surface area contributed by atoms with E-state index >= 15 is 0 Å². The summed E-state index contributed by atoms with van der Waals surface area (Å²) in [5, 5.41) is 14.0. The number of amides is 1. The number of carbonyl (C=O) groups excluding carboxylic acids is 1. The van der Waals surface area contributed by atoms with Crippen molar-refractivity contribution in [2.45, 2.75) is 18.4 Å². The zero-order valence-corrected chi connectivity index (χ0v) is 10.9. The van der Waals surface area contributed by atoms with Crippen molar-refractivity contribution in [3.8, 4) is 0 Å². The molecule has 1 saturated carbocycles. The van der Waals surface area contributed by atoms with E-state index in [0.717, 1.165) is 23.6 Å². The molecule has 2 N–H and O–H groups in total. The van der Waals surface area contributed by atoms with Gasteiger partial charge in [-0.2, -0.15) is 0 Å². The van der Waals surface area contributed by atoms with Crippen LogP contribution in [0.5, 0.6) is 0 Å². The van der Waals surface area contributed by atoms with Crippen molar-refractivity contribution in [3.63, 3.8) is 0 Å². The maximum atomic E-state index is 12.1. The highest BCUT2D eigenvalue weighted by Gasteiger charge is 2.43. The Bertz CT molecular complexity index is 653. The summed E-state index contributed by atoms with van der Waals surface area (Å²) in [6.45, 7) is -0.0416. The van der Waals surface area contributed by atoms with E-state index in [1.54, 1.807) is 6.07 Å². The maximum Gasteiger partial charge on any atom is 0.270 e. The number of pyridine rings is 1. The highest BCUT2D eigenvalue weighted by atomic mass is 35.5. The summed E-state index contributed by atoms with van der Waals surface area (Å²) in [5.74, 6) is -0.292. The van der Waals surface area contributed by atoms with Gasteiger partial charge in [-0.15, -0.1) is 0 Å². The van der Waals surface area contributed by atoms with E-state index in [4.69, 9.17) is 11.6 Å². The lowest BCUT2D eigenvalue weighted by Gasteiger charge is -2.14. The highest BCUT2D eigenvalue weighted by Crippen LogP contribution is 2.35. The van der Waals surface area contributed by atoms with Crippen LogP contribution in [0.2, 0.25) is 5.15 Å². The number of nitrogens with zero attached hydrogens (tertiary/aromatic N) is 1. The van der Waals surface area contributed by atoms with Gasteiger partial charge in [0.15, 0.2) is 0 Å². The number of aliphatic hydroxyl groups is 1. The number of rotatable bonds is 3.